The molecule has 0 radical (unpaired) electrons. The first-order valence-corrected chi connectivity index (χ1v) is 9.55. The summed E-state index contributed by atoms with van der Waals surface area (Å²) in [6.45, 7) is 0. The average molecular weight is 368 g/mol. The second kappa shape index (κ2) is 6.30. The van der Waals surface area contributed by atoms with Crippen LogP contribution in [0.25, 0.3) is 5.69 Å². The fourth-order valence-corrected chi connectivity index (χ4v) is 3.92. The van der Waals surface area contributed by atoms with Gasteiger partial charge in [-0.3, -0.25) is 9.52 Å². The van der Waals surface area contributed by atoms with E-state index in [4.69, 9.17) is 0 Å². The molecule has 1 amide bonds. The first kappa shape index (κ1) is 16.3. The van der Waals surface area contributed by atoms with Crippen molar-refractivity contribution < 1.29 is 13.2 Å². The molecule has 1 aromatic heterocycles. The third kappa shape index (κ3) is 3.18. The highest BCUT2D eigenvalue weighted by Crippen LogP contribution is 2.26. The molecule has 0 aliphatic carbocycles. The Morgan fingerprint density at radius 1 is 1.08 bits per heavy atom. The van der Waals surface area contributed by atoms with Crippen LogP contribution in [0.4, 0.5) is 11.4 Å². The monoisotopic (exact) mass is 368 g/mol. The lowest BCUT2D eigenvalue weighted by Gasteiger charge is -2.17. The number of carbonyl (C=O) groups excluding carboxylic acids is 1. The third-order valence-corrected chi connectivity index (χ3v) is 5.52. The van der Waals surface area contributed by atoms with Crippen molar-refractivity contribution in [3.8, 4) is 5.69 Å². The van der Waals surface area contributed by atoms with Crippen LogP contribution in [0, 0.1) is 0 Å². The van der Waals surface area contributed by atoms with Crippen LogP contribution < -0.4 is 10.0 Å². The third-order valence-electron chi connectivity index (χ3n) is 4.14. The van der Waals surface area contributed by atoms with E-state index < -0.39 is 10.0 Å². The molecule has 1 aliphatic rings. The largest absolute Gasteiger partial charge is 0.326 e. The van der Waals surface area contributed by atoms with Gasteiger partial charge >= 0.3 is 0 Å². The molecule has 0 fully saturated rings. The minimum atomic E-state index is -3.75. The van der Waals surface area contributed by atoms with Crippen LogP contribution in [0.5, 0.6) is 0 Å². The van der Waals surface area contributed by atoms with Crippen molar-refractivity contribution in [1.29, 1.82) is 0 Å². The standard InChI is InChI=1S/C18H16N4O3S/c23-18-9-6-13-10-16(7-8-17(13)20-18)26(24,25)21-14-11-19-22(12-14)15-4-2-1-3-5-15/h1-5,7-8,10-12,21H,6,9H2,(H,20,23). The van der Waals surface area contributed by atoms with Gasteiger partial charge in [0.15, 0.2) is 0 Å². The number of aromatic nitrogens is 2. The molecule has 26 heavy (non-hydrogen) atoms. The number of nitrogens with one attached hydrogen (secondary N) is 2. The summed E-state index contributed by atoms with van der Waals surface area (Å²) in [5.41, 5.74) is 2.69. The number of nitrogens with zero attached hydrogens (tertiary/aromatic N) is 2. The molecule has 7 nitrogen and oxygen atoms in total. The Morgan fingerprint density at radius 2 is 1.88 bits per heavy atom. The number of aryl methyl sites for hydroxylation is 1. The van der Waals surface area contributed by atoms with E-state index in [1.807, 2.05) is 30.3 Å². The van der Waals surface area contributed by atoms with E-state index in [9.17, 15) is 13.2 Å². The zero-order valence-corrected chi connectivity index (χ0v) is 14.5. The number of para-hydroxylation sites is 1. The summed E-state index contributed by atoms with van der Waals surface area (Å²) >= 11 is 0. The lowest BCUT2D eigenvalue weighted by atomic mass is 10.0. The number of carbonyl (C=O) groups is 1. The van der Waals surface area contributed by atoms with Gasteiger partial charge in [0.1, 0.15) is 0 Å². The van der Waals surface area contributed by atoms with Crippen LogP contribution in [0.1, 0.15) is 12.0 Å². The Labute approximate surface area is 150 Å². The number of amides is 1. The number of rotatable bonds is 4. The van der Waals surface area contributed by atoms with Gasteiger partial charge in [0.05, 0.1) is 28.7 Å². The van der Waals surface area contributed by atoms with Crippen LogP contribution in [0.2, 0.25) is 0 Å². The zero-order chi connectivity index (χ0) is 18.1. The smallest absolute Gasteiger partial charge is 0.262 e. The van der Waals surface area contributed by atoms with Gasteiger partial charge in [-0.1, -0.05) is 18.2 Å². The normalized spacial score (nSPS) is 13.8. The van der Waals surface area contributed by atoms with Gasteiger partial charge < -0.3 is 5.32 Å². The molecule has 0 saturated heterocycles. The highest BCUT2D eigenvalue weighted by atomic mass is 32.2. The molecule has 0 bridgehead atoms. The first-order valence-electron chi connectivity index (χ1n) is 8.07. The van der Waals surface area contributed by atoms with Gasteiger partial charge in [-0.2, -0.15) is 5.10 Å². The number of hydrogen-bond donors (Lipinski definition) is 2. The number of anilines is 2. The molecule has 4 rings (SSSR count). The second-order valence-corrected chi connectivity index (χ2v) is 7.66. The number of benzene rings is 2. The molecule has 2 heterocycles. The summed E-state index contributed by atoms with van der Waals surface area (Å²) in [7, 11) is -3.75. The molecule has 8 heteroatoms. The van der Waals surface area contributed by atoms with E-state index >= 15 is 0 Å². The number of hydrogen-bond acceptors (Lipinski definition) is 4. The van der Waals surface area contributed by atoms with Gasteiger partial charge in [-0.15, -0.1) is 0 Å². The van der Waals surface area contributed by atoms with Gasteiger partial charge in [-0.25, -0.2) is 13.1 Å². The van der Waals surface area contributed by atoms with Crippen molar-refractivity contribution in [3.05, 3.63) is 66.5 Å². The highest BCUT2D eigenvalue weighted by Gasteiger charge is 2.20. The molecule has 2 N–H and O–H groups in total. The molecular formula is C18H16N4O3S. The van der Waals surface area contributed by atoms with Crippen molar-refractivity contribution in [1.82, 2.24) is 9.78 Å². The van der Waals surface area contributed by atoms with Crippen LogP contribution in [-0.2, 0) is 21.2 Å². The van der Waals surface area contributed by atoms with E-state index in [2.05, 4.69) is 15.1 Å². The Morgan fingerprint density at radius 3 is 2.69 bits per heavy atom. The minimum absolute atomic E-state index is 0.0560. The van der Waals surface area contributed by atoms with Gasteiger partial charge in [0.2, 0.25) is 5.91 Å². The number of fused-ring (bicyclic) bond motifs is 1. The Kier molecular flexibility index (Phi) is 3.96. The van der Waals surface area contributed by atoms with Gasteiger partial charge in [0.25, 0.3) is 10.0 Å². The summed E-state index contributed by atoms with van der Waals surface area (Å²) in [6.07, 6.45) is 3.96. The maximum absolute atomic E-state index is 12.7. The van der Waals surface area contributed by atoms with Crippen molar-refractivity contribution in [2.45, 2.75) is 17.7 Å². The van der Waals surface area contributed by atoms with Gasteiger partial charge in [0, 0.05) is 12.1 Å². The molecule has 0 saturated carbocycles. The molecule has 0 unspecified atom stereocenters. The van der Waals surface area contributed by atoms with Crippen LogP contribution in [-0.4, -0.2) is 24.1 Å². The predicted octanol–water partition coefficient (Wildman–Crippen LogP) is 2.56. The van der Waals surface area contributed by atoms with E-state index in [0.717, 1.165) is 11.3 Å². The summed E-state index contributed by atoms with van der Waals surface area (Å²) in [5.74, 6) is -0.0560. The fourth-order valence-electron chi connectivity index (χ4n) is 2.84. The van der Waals surface area contributed by atoms with Crippen molar-refractivity contribution in [2.24, 2.45) is 0 Å². The van der Waals surface area contributed by atoms with E-state index in [1.54, 1.807) is 23.0 Å². The molecule has 1 aliphatic heterocycles. The van der Waals surface area contributed by atoms with Gasteiger partial charge in [-0.05, 0) is 42.3 Å². The first-order chi connectivity index (χ1) is 12.5. The van der Waals surface area contributed by atoms with E-state index in [0.29, 0.717) is 24.2 Å². The lowest BCUT2D eigenvalue weighted by Crippen LogP contribution is -2.20. The topological polar surface area (TPSA) is 93.1 Å². The highest BCUT2D eigenvalue weighted by molar-refractivity contribution is 7.92. The minimum Gasteiger partial charge on any atom is -0.326 e. The van der Waals surface area contributed by atoms with Crippen LogP contribution in [0.3, 0.4) is 0 Å². The quantitative estimate of drug-likeness (QED) is 0.740. The molecule has 132 valence electrons. The molecule has 0 atom stereocenters. The molecule has 2 aromatic carbocycles. The maximum Gasteiger partial charge on any atom is 0.262 e. The Hall–Kier alpha value is -3.13. The van der Waals surface area contributed by atoms with Crippen molar-refractivity contribution in [2.75, 3.05) is 10.0 Å². The SMILES string of the molecule is O=C1CCc2cc(S(=O)(=O)Nc3cnn(-c4ccccc4)c3)ccc2N1. The summed E-state index contributed by atoms with van der Waals surface area (Å²) < 4.78 is 29.5. The van der Waals surface area contributed by atoms with Crippen LogP contribution >= 0.6 is 0 Å². The number of sulfonamides is 1. The predicted molar refractivity (Wildman–Crippen MR) is 97.8 cm³/mol. The zero-order valence-electron chi connectivity index (χ0n) is 13.7. The average Bonchev–Trinajstić information content (AvgIpc) is 3.09. The van der Waals surface area contributed by atoms with Crippen LogP contribution in [0.15, 0.2) is 65.8 Å². The Balaban J connectivity index is 1.58. The second-order valence-electron chi connectivity index (χ2n) is 5.98. The fraction of sp³-hybridized carbons (Fsp3) is 0.111. The molecule has 3 aromatic rings. The molecule has 0 spiro atoms. The van der Waals surface area contributed by atoms with E-state index in [-0.39, 0.29) is 10.8 Å². The summed E-state index contributed by atoms with van der Waals surface area (Å²) in [4.78, 5) is 11.6. The van der Waals surface area contributed by atoms with Crippen molar-refractivity contribution in [3.63, 3.8) is 0 Å². The summed E-state index contributed by atoms with van der Waals surface area (Å²) in [5, 5.41) is 6.93. The molecular weight excluding hydrogens is 352 g/mol. The van der Waals surface area contributed by atoms with Crippen molar-refractivity contribution >= 4 is 27.3 Å². The lowest BCUT2D eigenvalue weighted by molar-refractivity contribution is -0.116. The maximum atomic E-state index is 12.7. The Bertz CT molecular complexity index is 1070. The van der Waals surface area contributed by atoms with E-state index in [1.165, 1.54) is 12.3 Å². The summed E-state index contributed by atoms with van der Waals surface area (Å²) in [6, 6.07) is 14.1.